The molecule has 0 heterocycles. The van der Waals surface area contributed by atoms with Crippen molar-refractivity contribution < 1.29 is 0 Å². The first kappa shape index (κ1) is 13.8. The molecule has 0 bridgehead atoms. The van der Waals surface area contributed by atoms with Gasteiger partial charge in [-0.05, 0) is 12.8 Å². The first-order chi connectivity index (χ1) is 5.74. The Morgan fingerprint density at radius 2 is 1.67 bits per heavy atom. The van der Waals surface area contributed by atoms with Crippen molar-refractivity contribution in [3.63, 3.8) is 0 Å². The summed E-state index contributed by atoms with van der Waals surface area (Å²) in [4.78, 5) is 0. The van der Waals surface area contributed by atoms with Crippen LogP contribution in [0.4, 0.5) is 0 Å². The first-order valence-electron chi connectivity index (χ1n) is 3.87. The third-order valence-electron chi connectivity index (χ3n) is 1.46. The van der Waals surface area contributed by atoms with Gasteiger partial charge in [0.1, 0.15) is 0 Å². The molecule has 0 nitrogen and oxygen atoms in total. The molecule has 0 radical (unpaired) electrons. The highest BCUT2D eigenvalue weighted by atomic mass is 32.2. The molecule has 0 amide bonds. The molecule has 1 unspecified atom stereocenters. The Hall–Kier alpha value is 1.75. The summed E-state index contributed by atoms with van der Waals surface area (Å²) < 4.78 is 0.613. The fourth-order valence-electron chi connectivity index (χ4n) is 0.739. The van der Waals surface area contributed by atoms with E-state index >= 15 is 0 Å². The minimum atomic E-state index is 0.523. The first-order valence-corrected chi connectivity index (χ1v) is 7.75. The van der Waals surface area contributed by atoms with E-state index in [0.29, 0.717) is 9.83 Å². The van der Waals surface area contributed by atoms with E-state index in [1.807, 2.05) is 23.5 Å². The summed E-state index contributed by atoms with van der Waals surface area (Å²) in [6.45, 7) is 2.17. The van der Waals surface area contributed by atoms with Crippen molar-refractivity contribution in [3.05, 3.63) is 0 Å². The molecule has 0 spiro atoms. The van der Waals surface area contributed by atoms with Crippen LogP contribution in [-0.4, -0.2) is 20.0 Å². The second-order valence-electron chi connectivity index (χ2n) is 2.32. The summed E-state index contributed by atoms with van der Waals surface area (Å²) in [5.74, 6) is 0. The van der Waals surface area contributed by atoms with Gasteiger partial charge in [0.05, 0.1) is 4.58 Å². The van der Waals surface area contributed by atoms with Crippen molar-refractivity contribution >= 4 is 61.4 Å². The third-order valence-corrected chi connectivity index (χ3v) is 5.17. The lowest BCUT2D eigenvalue weighted by Crippen LogP contribution is -2.07. The van der Waals surface area contributed by atoms with Gasteiger partial charge in [-0.3, -0.25) is 0 Å². The topological polar surface area (TPSA) is 0 Å². The number of thioether (sulfide) groups is 2. The molecule has 1 atom stereocenters. The zero-order valence-electron chi connectivity index (χ0n) is 7.14. The van der Waals surface area contributed by atoms with Crippen LogP contribution in [0, 0.1) is 0 Å². The average molecular weight is 261 g/mol. The number of rotatable bonds is 7. The van der Waals surface area contributed by atoms with Gasteiger partial charge < -0.3 is 0 Å². The highest BCUT2D eigenvalue weighted by Crippen LogP contribution is 2.30. The standard InChI is InChI=1S/C7H16S5/c1-2-6(10)3-7(11-4-8)12-5-9/h6-10H,2-5H2,1H3. The van der Waals surface area contributed by atoms with Gasteiger partial charge in [-0.2, -0.15) is 37.9 Å². The van der Waals surface area contributed by atoms with Gasteiger partial charge in [0.15, 0.2) is 0 Å². The molecule has 0 N–H and O–H groups in total. The molecule has 0 aromatic rings. The predicted molar refractivity (Wildman–Crippen MR) is 74.4 cm³/mol. The quantitative estimate of drug-likeness (QED) is 0.472. The Kier molecular flexibility index (Phi) is 10.7. The third kappa shape index (κ3) is 7.18. The van der Waals surface area contributed by atoms with E-state index in [4.69, 9.17) is 0 Å². The van der Waals surface area contributed by atoms with E-state index in [2.05, 4.69) is 44.8 Å². The zero-order chi connectivity index (χ0) is 9.40. The molecule has 0 rings (SSSR count). The SMILES string of the molecule is CCC(S)CC(SCS)SCS. The zero-order valence-corrected chi connectivity index (χ0v) is 11.5. The fourth-order valence-corrected chi connectivity index (χ4v) is 4.78. The summed E-state index contributed by atoms with van der Waals surface area (Å²) >= 11 is 16.6. The van der Waals surface area contributed by atoms with Crippen LogP contribution in [0.2, 0.25) is 0 Å². The Bertz CT molecular complexity index is 91.8. The fraction of sp³-hybridized carbons (Fsp3) is 1.00. The van der Waals surface area contributed by atoms with Crippen LogP contribution in [0.5, 0.6) is 0 Å². The summed E-state index contributed by atoms with van der Waals surface area (Å²) in [7, 11) is 0. The molecular formula is C7H16S5. The molecule has 0 aromatic heterocycles. The largest absolute Gasteiger partial charge is 0.176 e. The Morgan fingerprint density at radius 1 is 1.17 bits per heavy atom. The number of hydrogen-bond donors (Lipinski definition) is 3. The van der Waals surface area contributed by atoms with Gasteiger partial charge in [-0.15, -0.1) is 23.5 Å². The van der Waals surface area contributed by atoms with E-state index in [9.17, 15) is 0 Å². The van der Waals surface area contributed by atoms with Crippen LogP contribution in [0.3, 0.4) is 0 Å². The molecule has 0 aliphatic rings. The number of thiol groups is 3. The maximum absolute atomic E-state index is 4.48. The van der Waals surface area contributed by atoms with Gasteiger partial charge in [0.25, 0.3) is 0 Å². The minimum Gasteiger partial charge on any atom is -0.176 e. The number of hydrogen-bond acceptors (Lipinski definition) is 5. The molecule has 0 aromatic carbocycles. The van der Waals surface area contributed by atoms with Crippen LogP contribution < -0.4 is 0 Å². The highest BCUT2D eigenvalue weighted by molar-refractivity contribution is 8.23. The lowest BCUT2D eigenvalue weighted by atomic mass is 10.3. The average Bonchev–Trinajstić information content (AvgIpc) is 2.05. The van der Waals surface area contributed by atoms with Crippen molar-refractivity contribution in [2.45, 2.75) is 29.6 Å². The molecular weight excluding hydrogens is 244 g/mol. The van der Waals surface area contributed by atoms with Crippen molar-refractivity contribution in [3.8, 4) is 0 Å². The van der Waals surface area contributed by atoms with Gasteiger partial charge in [0, 0.05) is 15.4 Å². The molecule has 0 aliphatic carbocycles. The van der Waals surface area contributed by atoms with Crippen molar-refractivity contribution in [1.29, 1.82) is 0 Å². The highest BCUT2D eigenvalue weighted by Gasteiger charge is 2.12. The van der Waals surface area contributed by atoms with Gasteiger partial charge >= 0.3 is 0 Å². The summed E-state index contributed by atoms with van der Waals surface area (Å²) in [6, 6.07) is 0. The van der Waals surface area contributed by atoms with Crippen molar-refractivity contribution in [2.24, 2.45) is 0 Å². The van der Waals surface area contributed by atoms with Crippen molar-refractivity contribution in [2.75, 3.05) is 10.2 Å². The molecule has 0 saturated carbocycles. The Morgan fingerprint density at radius 3 is 2.00 bits per heavy atom. The summed E-state index contributed by atoms with van der Waals surface area (Å²) in [6.07, 6.45) is 2.29. The van der Waals surface area contributed by atoms with E-state index in [-0.39, 0.29) is 0 Å². The van der Waals surface area contributed by atoms with Gasteiger partial charge in [-0.1, -0.05) is 6.92 Å². The van der Waals surface area contributed by atoms with Gasteiger partial charge in [0.2, 0.25) is 0 Å². The normalized spacial score (nSPS) is 13.8. The van der Waals surface area contributed by atoms with E-state index in [0.717, 1.165) is 23.0 Å². The molecule has 0 aliphatic heterocycles. The molecule has 12 heavy (non-hydrogen) atoms. The molecule has 0 saturated heterocycles. The molecule has 74 valence electrons. The van der Waals surface area contributed by atoms with E-state index < -0.39 is 0 Å². The van der Waals surface area contributed by atoms with Crippen LogP contribution in [0.1, 0.15) is 19.8 Å². The van der Waals surface area contributed by atoms with Crippen LogP contribution in [0.25, 0.3) is 0 Å². The predicted octanol–water partition coefficient (Wildman–Crippen LogP) is 3.65. The maximum atomic E-state index is 4.48. The monoisotopic (exact) mass is 260 g/mol. The molecule has 5 heteroatoms. The minimum absolute atomic E-state index is 0.523. The van der Waals surface area contributed by atoms with E-state index in [1.165, 1.54) is 0 Å². The lowest BCUT2D eigenvalue weighted by molar-refractivity contribution is 0.790. The second-order valence-corrected chi connectivity index (χ2v) is 7.22. The second kappa shape index (κ2) is 9.31. The van der Waals surface area contributed by atoms with Crippen LogP contribution in [-0.2, 0) is 0 Å². The maximum Gasteiger partial charge on any atom is 0.0529 e. The lowest BCUT2D eigenvalue weighted by Gasteiger charge is -2.16. The van der Waals surface area contributed by atoms with Crippen LogP contribution >= 0.6 is 61.4 Å². The van der Waals surface area contributed by atoms with Crippen LogP contribution in [0.15, 0.2) is 0 Å². The summed E-state index contributed by atoms with van der Waals surface area (Å²) in [5, 5.41) is 2.29. The Labute approximate surface area is 101 Å². The Balaban J connectivity index is 3.61. The molecule has 0 fully saturated rings. The van der Waals surface area contributed by atoms with Crippen molar-refractivity contribution in [1.82, 2.24) is 0 Å². The smallest absolute Gasteiger partial charge is 0.0529 e. The summed E-state index contributed by atoms with van der Waals surface area (Å²) in [5.41, 5.74) is 0. The van der Waals surface area contributed by atoms with E-state index in [1.54, 1.807) is 0 Å². The van der Waals surface area contributed by atoms with Gasteiger partial charge in [-0.25, -0.2) is 0 Å².